The minimum atomic E-state index is -0.808. The molecule has 0 spiro atoms. The number of hydrogen-bond donors (Lipinski definition) is 2. The zero-order chi connectivity index (χ0) is 13.7. The van der Waals surface area contributed by atoms with Crippen LogP contribution in [0, 0.1) is 0 Å². The summed E-state index contributed by atoms with van der Waals surface area (Å²) in [4.78, 5) is 26.3. The molecule has 0 radical (unpaired) electrons. The lowest BCUT2D eigenvalue weighted by molar-refractivity contribution is -0.138. The summed E-state index contributed by atoms with van der Waals surface area (Å²) in [5, 5.41) is 11.8. The highest BCUT2D eigenvalue weighted by Gasteiger charge is 2.24. The Balaban J connectivity index is 1.71. The van der Waals surface area contributed by atoms with E-state index in [4.69, 9.17) is 5.11 Å². The molecule has 19 heavy (non-hydrogen) atoms. The molecule has 2 heterocycles. The van der Waals surface area contributed by atoms with Gasteiger partial charge >= 0.3 is 12.0 Å². The molecule has 2 rings (SSSR count). The number of carbonyl (C=O) groups excluding carboxylic acids is 1. The number of piperazine rings is 1. The maximum Gasteiger partial charge on any atom is 0.317 e. The lowest BCUT2D eigenvalue weighted by Crippen LogP contribution is -2.54. The van der Waals surface area contributed by atoms with E-state index in [1.807, 2.05) is 16.7 Å². The highest BCUT2D eigenvalue weighted by atomic mass is 32.2. The fourth-order valence-electron chi connectivity index (χ4n) is 2.41. The number of rotatable bonds is 3. The number of hydrogen-bond acceptors (Lipinski definition) is 4. The highest BCUT2D eigenvalue weighted by molar-refractivity contribution is 7.99. The van der Waals surface area contributed by atoms with Crippen LogP contribution >= 0.6 is 11.8 Å². The number of carboxylic acids is 1. The topological polar surface area (TPSA) is 72.9 Å². The van der Waals surface area contributed by atoms with Crippen molar-refractivity contribution in [2.75, 3.05) is 44.2 Å². The van der Waals surface area contributed by atoms with Gasteiger partial charge in [-0.1, -0.05) is 0 Å². The van der Waals surface area contributed by atoms with E-state index in [9.17, 15) is 9.59 Å². The first-order valence-electron chi connectivity index (χ1n) is 6.72. The van der Waals surface area contributed by atoms with Gasteiger partial charge in [-0.2, -0.15) is 11.8 Å². The molecule has 7 heteroatoms. The van der Waals surface area contributed by atoms with Gasteiger partial charge in [0.15, 0.2) is 0 Å². The summed E-state index contributed by atoms with van der Waals surface area (Å²) in [5.41, 5.74) is 0. The first kappa shape index (κ1) is 14.5. The molecule has 0 aliphatic carbocycles. The van der Waals surface area contributed by atoms with Crippen molar-refractivity contribution in [1.29, 1.82) is 0 Å². The van der Waals surface area contributed by atoms with Crippen LogP contribution in [0.25, 0.3) is 0 Å². The van der Waals surface area contributed by atoms with Gasteiger partial charge in [0, 0.05) is 32.2 Å². The molecule has 0 aromatic rings. The number of nitrogens with one attached hydrogen (secondary N) is 1. The van der Waals surface area contributed by atoms with Gasteiger partial charge in [0.25, 0.3) is 0 Å². The SMILES string of the molecule is O=C(O)CN1CCN(C(=O)NC2CCSCC2)CC1. The summed E-state index contributed by atoms with van der Waals surface area (Å²) in [6, 6.07) is 0.317. The van der Waals surface area contributed by atoms with Gasteiger partial charge < -0.3 is 15.3 Å². The van der Waals surface area contributed by atoms with Gasteiger partial charge in [0.05, 0.1) is 6.54 Å². The summed E-state index contributed by atoms with van der Waals surface area (Å²) in [6.45, 7) is 2.57. The fraction of sp³-hybridized carbons (Fsp3) is 0.833. The molecule has 0 saturated carbocycles. The third kappa shape index (κ3) is 4.58. The van der Waals surface area contributed by atoms with Crippen LogP contribution in [0.15, 0.2) is 0 Å². The summed E-state index contributed by atoms with van der Waals surface area (Å²) in [6.07, 6.45) is 2.10. The summed E-state index contributed by atoms with van der Waals surface area (Å²) in [5.74, 6) is 1.44. The third-order valence-electron chi connectivity index (χ3n) is 3.57. The van der Waals surface area contributed by atoms with E-state index in [1.165, 1.54) is 0 Å². The molecule has 2 amide bonds. The molecule has 2 aliphatic rings. The highest BCUT2D eigenvalue weighted by Crippen LogP contribution is 2.17. The Morgan fingerprint density at radius 1 is 1.16 bits per heavy atom. The van der Waals surface area contributed by atoms with E-state index in [-0.39, 0.29) is 12.6 Å². The van der Waals surface area contributed by atoms with Crippen molar-refractivity contribution in [3.63, 3.8) is 0 Å². The Bertz CT molecular complexity index is 326. The normalized spacial score (nSPS) is 22.2. The predicted molar refractivity (Wildman–Crippen MR) is 74.5 cm³/mol. The molecule has 2 saturated heterocycles. The van der Waals surface area contributed by atoms with E-state index in [1.54, 1.807) is 4.90 Å². The van der Waals surface area contributed by atoms with Gasteiger partial charge in [-0.05, 0) is 24.3 Å². The van der Waals surface area contributed by atoms with Crippen molar-refractivity contribution >= 4 is 23.8 Å². The molecule has 0 bridgehead atoms. The van der Waals surface area contributed by atoms with Crippen molar-refractivity contribution in [1.82, 2.24) is 15.1 Å². The largest absolute Gasteiger partial charge is 0.480 e. The Hall–Kier alpha value is -0.950. The minimum Gasteiger partial charge on any atom is -0.480 e. The van der Waals surface area contributed by atoms with Gasteiger partial charge in [-0.3, -0.25) is 9.69 Å². The summed E-state index contributed by atoms with van der Waals surface area (Å²) in [7, 11) is 0. The van der Waals surface area contributed by atoms with E-state index >= 15 is 0 Å². The number of carboxylic acid groups (broad SMARTS) is 1. The van der Waals surface area contributed by atoms with E-state index in [0.29, 0.717) is 32.2 Å². The van der Waals surface area contributed by atoms with Gasteiger partial charge in [0.1, 0.15) is 0 Å². The average molecular weight is 287 g/mol. The third-order valence-corrected chi connectivity index (χ3v) is 4.62. The van der Waals surface area contributed by atoms with Gasteiger partial charge in [-0.25, -0.2) is 4.79 Å². The van der Waals surface area contributed by atoms with Crippen LogP contribution in [0.1, 0.15) is 12.8 Å². The van der Waals surface area contributed by atoms with Crippen molar-refractivity contribution in [3.05, 3.63) is 0 Å². The molecule has 2 fully saturated rings. The summed E-state index contributed by atoms with van der Waals surface area (Å²) >= 11 is 1.94. The molecular weight excluding hydrogens is 266 g/mol. The van der Waals surface area contributed by atoms with E-state index in [0.717, 1.165) is 24.3 Å². The lowest BCUT2D eigenvalue weighted by Gasteiger charge is -2.35. The molecular formula is C12H21N3O3S. The van der Waals surface area contributed by atoms with Crippen LogP contribution in [0.4, 0.5) is 4.79 Å². The van der Waals surface area contributed by atoms with Crippen LogP contribution in [-0.2, 0) is 4.79 Å². The number of nitrogens with zero attached hydrogens (tertiary/aromatic N) is 2. The first-order valence-corrected chi connectivity index (χ1v) is 7.88. The number of urea groups is 1. The molecule has 0 atom stereocenters. The Labute approximate surface area is 117 Å². The maximum atomic E-state index is 12.1. The number of thioether (sulfide) groups is 1. The molecule has 0 aromatic carbocycles. The van der Waals surface area contributed by atoms with Crippen LogP contribution in [0.3, 0.4) is 0 Å². The van der Waals surface area contributed by atoms with Crippen molar-refractivity contribution < 1.29 is 14.7 Å². The maximum absolute atomic E-state index is 12.1. The van der Waals surface area contributed by atoms with Crippen LogP contribution < -0.4 is 5.32 Å². The monoisotopic (exact) mass is 287 g/mol. The Kier molecular flexibility index (Phi) is 5.33. The van der Waals surface area contributed by atoms with Crippen molar-refractivity contribution in [2.45, 2.75) is 18.9 Å². The Morgan fingerprint density at radius 2 is 1.79 bits per heavy atom. The molecule has 108 valence electrons. The van der Waals surface area contributed by atoms with Gasteiger partial charge in [0.2, 0.25) is 0 Å². The van der Waals surface area contributed by atoms with Crippen LogP contribution in [0.2, 0.25) is 0 Å². The number of carbonyl (C=O) groups is 2. The standard InChI is InChI=1S/C12H21N3O3S/c16-11(17)9-14-3-5-15(6-4-14)12(18)13-10-1-7-19-8-2-10/h10H,1-9H2,(H,13,18)(H,16,17). The molecule has 0 aromatic heterocycles. The van der Waals surface area contributed by atoms with Crippen LogP contribution in [-0.4, -0.2) is 77.2 Å². The quantitative estimate of drug-likeness (QED) is 0.781. The zero-order valence-corrected chi connectivity index (χ0v) is 11.8. The lowest BCUT2D eigenvalue weighted by atomic mass is 10.1. The summed E-state index contributed by atoms with van der Waals surface area (Å²) < 4.78 is 0. The van der Waals surface area contributed by atoms with Gasteiger partial charge in [-0.15, -0.1) is 0 Å². The number of aliphatic carboxylic acids is 1. The van der Waals surface area contributed by atoms with E-state index < -0.39 is 5.97 Å². The van der Waals surface area contributed by atoms with Crippen molar-refractivity contribution in [2.24, 2.45) is 0 Å². The van der Waals surface area contributed by atoms with Crippen LogP contribution in [0.5, 0.6) is 0 Å². The zero-order valence-electron chi connectivity index (χ0n) is 11.0. The molecule has 2 N–H and O–H groups in total. The first-order chi connectivity index (χ1) is 9.15. The average Bonchev–Trinajstić information content (AvgIpc) is 2.40. The predicted octanol–water partition coefficient (Wildman–Crippen LogP) is 0.294. The molecule has 0 unspecified atom stereocenters. The second-order valence-corrected chi connectivity index (χ2v) is 6.22. The van der Waals surface area contributed by atoms with E-state index in [2.05, 4.69) is 5.32 Å². The number of amides is 2. The van der Waals surface area contributed by atoms with Crippen molar-refractivity contribution in [3.8, 4) is 0 Å². The molecule has 2 aliphatic heterocycles. The smallest absolute Gasteiger partial charge is 0.317 e. The fourth-order valence-corrected chi connectivity index (χ4v) is 3.51. The minimum absolute atomic E-state index is 0.00637. The Morgan fingerprint density at radius 3 is 2.37 bits per heavy atom. The second kappa shape index (κ2) is 7.00. The second-order valence-electron chi connectivity index (χ2n) is 4.99. The molecule has 6 nitrogen and oxygen atoms in total.